The molecule has 0 saturated carbocycles. The Balaban J connectivity index is 3.42. The third kappa shape index (κ3) is 4.80. The maximum Gasteiger partial charge on any atom is 0.345 e. The molecule has 0 amide bonds. The summed E-state index contributed by atoms with van der Waals surface area (Å²) in [5.74, 6) is -0.727. The summed E-state index contributed by atoms with van der Waals surface area (Å²) >= 11 is 0. The van der Waals surface area contributed by atoms with Gasteiger partial charge in [-0.25, -0.2) is 4.79 Å². The van der Waals surface area contributed by atoms with Gasteiger partial charge in [-0.3, -0.25) is 10.1 Å². The molecule has 2 unspecified atom stereocenters. The lowest BCUT2D eigenvalue weighted by Crippen LogP contribution is -2.18. The zero-order chi connectivity index (χ0) is 17.6. The molecule has 23 heavy (non-hydrogen) atoms. The van der Waals surface area contributed by atoms with Crippen molar-refractivity contribution in [3.05, 3.63) is 27.8 Å². The lowest BCUT2D eigenvalue weighted by molar-refractivity contribution is -0.385. The average Bonchev–Trinajstić information content (AvgIpc) is 2.54. The molecule has 0 saturated heterocycles. The van der Waals surface area contributed by atoms with Crippen molar-refractivity contribution in [2.24, 2.45) is 0 Å². The zero-order valence-corrected chi connectivity index (χ0v) is 13.5. The van der Waals surface area contributed by atoms with E-state index in [2.05, 4.69) is 4.74 Å². The minimum absolute atomic E-state index is 0.0441. The Hall–Kier alpha value is -2.39. The predicted octanol–water partition coefficient (Wildman–Crippen LogP) is 2.12. The Labute approximate surface area is 133 Å². The van der Waals surface area contributed by atoms with E-state index in [1.807, 2.05) is 0 Å². The molecule has 0 heterocycles. The van der Waals surface area contributed by atoms with E-state index < -0.39 is 29.2 Å². The van der Waals surface area contributed by atoms with Gasteiger partial charge in [-0.15, -0.1) is 0 Å². The number of rotatable bonds is 8. The molecule has 128 valence electrons. The van der Waals surface area contributed by atoms with Gasteiger partial charge in [0.2, 0.25) is 0 Å². The number of hydrogen-bond donors (Lipinski definition) is 0. The summed E-state index contributed by atoms with van der Waals surface area (Å²) in [6, 6.07) is 2.26. The van der Waals surface area contributed by atoms with Gasteiger partial charge in [0.15, 0.2) is 24.1 Å². The third-order valence-corrected chi connectivity index (χ3v) is 2.91. The Morgan fingerprint density at radius 3 is 1.91 bits per heavy atom. The number of esters is 1. The molecular formula is C14H19NO8. The Morgan fingerprint density at radius 2 is 1.52 bits per heavy atom. The number of methoxy groups -OCH3 is 3. The van der Waals surface area contributed by atoms with Crippen molar-refractivity contribution < 1.29 is 33.4 Å². The van der Waals surface area contributed by atoms with E-state index in [0.29, 0.717) is 0 Å². The second kappa shape index (κ2) is 8.30. The molecule has 0 aromatic heterocycles. The van der Waals surface area contributed by atoms with Crippen LogP contribution < -0.4 is 9.47 Å². The maximum absolute atomic E-state index is 11.8. The number of nitro groups is 1. The minimum atomic E-state index is -0.863. The van der Waals surface area contributed by atoms with E-state index in [9.17, 15) is 14.9 Å². The molecule has 0 aliphatic heterocycles. The molecule has 1 aromatic carbocycles. The van der Waals surface area contributed by atoms with Crippen LogP contribution in [0, 0.1) is 10.1 Å². The monoisotopic (exact) mass is 329 g/mol. The quantitative estimate of drug-likeness (QED) is 0.309. The first-order valence-corrected chi connectivity index (χ1v) is 6.63. The highest BCUT2D eigenvalue weighted by Gasteiger charge is 2.27. The lowest BCUT2D eigenvalue weighted by atomic mass is 10.1. The van der Waals surface area contributed by atoms with Crippen molar-refractivity contribution in [1.29, 1.82) is 0 Å². The fourth-order valence-corrected chi connectivity index (χ4v) is 1.61. The number of benzene rings is 1. The van der Waals surface area contributed by atoms with Gasteiger partial charge in [0.05, 0.1) is 18.1 Å². The molecule has 0 aliphatic rings. The summed E-state index contributed by atoms with van der Waals surface area (Å²) in [5.41, 5.74) is -0.721. The molecule has 1 aromatic rings. The van der Waals surface area contributed by atoms with Crippen LogP contribution >= 0.6 is 0 Å². The standard InChI is InChI=1S/C14H19NO8/c1-8(19-3)22-12-6-10(14(16)21-5)11(15(17)18)7-13(12)23-9(2)20-4/h6-9H,1-5H3. The van der Waals surface area contributed by atoms with E-state index in [0.717, 1.165) is 13.2 Å². The van der Waals surface area contributed by atoms with Crippen molar-refractivity contribution in [3.8, 4) is 11.5 Å². The van der Waals surface area contributed by atoms with Crippen molar-refractivity contribution in [2.45, 2.75) is 26.4 Å². The fourth-order valence-electron chi connectivity index (χ4n) is 1.61. The average molecular weight is 329 g/mol. The second-order valence-electron chi connectivity index (χ2n) is 4.41. The van der Waals surface area contributed by atoms with Gasteiger partial charge >= 0.3 is 5.97 Å². The van der Waals surface area contributed by atoms with Crippen LogP contribution in [0.25, 0.3) is 0 Å². The molecule has 0 spiro atoms. The van der Waals surface area contributed by atoms with E-state index in [4.69, 9.17) is 18.9 Å². The SMILES string of the molecule is COC(=O)c1cc(OC(C)OC)c(OC(C)OC)cc1[N+](=O)[O-]. The lowest BCUT2D eigenvalue weighted by Gasteiger charge is -2.19. The van der Waals surface area contributed by atoms with Gasteiger partial charge in [0, 0.05) is 20.3 Å². The maximum atomic E-state index is 11.8. The van der Waals surface area contributed by atoms with Crippen LogP contribution in [-0.4, -0.2) is 44.8 Å². The molecule has 0 bridgehead atoms. The first-order chi connectivity index (χ1) is 10.8. The number of carbonyl (C=O) groups is 1. The van der Waals surface area contributed by atoms with Gasteiger partial charge in [-0.1, -0.05) is 0 Å². The Morgan fingerprint density at radius 1 is 1.04 bits per heavy atom. The van der Waals surface area contributed by atoms with Gasteiger partial charge in [0.1, 0.15) is 5.56 Å². The van der Waals surface area contributed by atoms with E-state index >= 15 is 0 Å². The number of carbonyl (C=O) groups excluding carboxylic acids is 1. The molecule has 2 atom stereocenters. The molecular weight excluding hydrogens is 310 g/mol. The number of hydrogen-bond acceptors (Lipinski definition) is 8. The largest absolute Gasteiger partial charge is 0.465 e. The molecule has 9 nitrogen and oxygen atoms in total. The van der Waals surface area contributed by atoms with Crippen LogP contribution in [0.15, 0.2) is 12.1 Å². The summed E-state index contributed by atoms with van der Waals surface area (Å²) in [6.45, 7) is 3.21. The van der Waals surface area contributed by atoms with Crippen LogP contribution in [0.4, 0.5) is 5.69 Å². The third-order valence-electron chi connectivity index (χ3n) is 2.91. The Bertz CT molecular complexity index is 574. The summed E-state index contributed by atoms with van der Waals surface area (Å²) < 4.78 is 25.4. The predicted molar refractivity (Wildman–Crippen MR) is 78.6 cm³/mol. The highest BCUT2D eigenvalue weighted by molar-refractivity contribution is 5.95. The van der Waals surface area contributed by atoms with Gasteiger partial charge in [-0.2, -0.15) is 0 Å². The first kappa shape index (κ1) is 18.7. The summed E-state index contributed by atoms with van der Waals surface area (Å²) in [6.07, 6.45) is -1.35. The molecule has 9 heteroatoms. The normalized spacial score (nSPS) is 13.1. The summed E-state index contributed by atoms with van der Waals surface area (Å²) in [4.78, 5) is 22.2. The van der Waals surface area contributed by atoms with Crippen LogP contribution in [0.5, 0.6) is 11.5 Å². The number of ether oxygens (including phenoxy) is 5. The van der Waals surface area contributed by atoms with Crippen molar-refractivity contribution in [1.82, 2.24) is 0 Å². The topological polar surface area (TPSA) is 106 Å². The van der Waals surface area contributed by atoms with E-state index in [1.54, 1.807) is 13.8 Å². The fraction of sp³-hybridized carbons (Fsp3) is 0.500. The first-order valence-electron chi connectivity index (χ1n) is 6.63. The molecule has 0 aliphatic carbocycles. The van der Waals surface area contributed by atoms with E-state index in [-0.39, 0.29) is 17.1 Å². The van der Waals surface area contributed by atoms with Gasteiger partial charge < -0.3 is 23.7 Å². The second-order valence-corrected chi connectivity index (χ2v) is 4.41. The summed E-state index contributed by atoms with van der Waals surface area (Å²) in [5, 5.41) is 11.2. The van der Waals surface area contributed by atoms with Crippen LogP contribution in [-0.2, 0) is 14.2 Å². The molecule has 0 radical (unpaired) electrons. The highest BCUT2D eigenvalue weighted by atomic mass is 16.7. The van der Waals surface area contributed by atoms with Crippen molar-refractivity contribution in [2.75, 3.05) is 21.3 Å². The molecule has 1 rings (SSSR count). The van der Waals surface area contributed by atoms with Crippen LogP contribution in [0.1, 0.15) is 24.2 Å². The zero-order valence-electron chi connectivity index (χ0n) is 13.5. The highest BCUT2D eigenvalue weighted by Crippen LogP contribution is 2.36. The molecule has 0 fully saturated rings. The van der Waals surface area contributed by atoms with Gasteiger partial charge in [-0.05, 0) is 13.8 Å². The smallest absolute Gasteiger partial charge is 0.345 e. The van der Waals surface area contributed by atoms with Crippen molar-refractivity contribution in [3.63, 3.8) is 0 Å². The summed E-state index contributed by atoms with van der Waals surface area (Å²) in [7, 11) is 3.97. The van der Waals surface area contributed by atoms with Gasteiger partial charge in [0.25, 0.3) is 5.69 Å². The number of nitrogens with zero attached hydrogens (tertiary/aromatic N) is 1. The van der Waals surface area contributed by atoms with E-state index in [1.165, 1.54) is 20.3 Å². The van der Waals surface area contributed by atoms with Crippen molar-refractivity contribution >= 4 is 11.7 Å². The van der Waals surface area contributed by atoms with Crippen LogP contribution in [0.3, 0.4) is 0 Å². The Kier molecular flexibility index (Phi) is 6.73. The molecule has 0 N–H and O–H groups in total. The minimum Gasteiger partial charge on any atom is -0.465 e. The number of nitro benzene ring substituents is 1. The van der Waals surface area contributed by atoms with Crippen LogP contribution in [0.2, 0.25) is 0 Å².